The number of halogens is 1. The molecule has 16 heavy (non-hydrogen) atoms. The number of benzene rings is 1. The van der Waals surface area contributed by atoms with Crippen LogP contribution in [0.4, 0.5) is 10.1 Å². The number of hydrogen-bond acceptors (Lipinski definition) is 2. The molecule has 0 fully saturated rings. The van der Waals surface area contributed by atoms with Gasteiger partial charge in [-0.15, -0.1) is 0 Å². The minimum Gasteiger partial charge on any atom is -0.368 e. The molecule has 2 nitrogen and oxygen atoms in total. The first-order chi connectivity index (χ1) is 7.52. The molecule has 86 valence electrons. The fraction of sp³-hybridized carbons (Fsp3) is 0.462. The molecule has 1 aliphatic heterocycles. The number of fused-ring (bicyclic) bond motifs is 1. The Kier molecular flexibility index (Phi) is 2.70. The average Bonchev–Trinajstić information content (AvgIpc) is 2.58. The van der Waals surface area contributed by atoms with Crippen LogP contribution in [0.15, 0.2) is 18.2 Å². The fourth-order valence-electron chi connectivity index (χ4n) is 2.33. The lowest BCUT2D eigenvalue weighted by Gasteiger charge is -2.24. The van der Waals surface area contributed by atoms with Crippen molar-refractivity contribution in [1.82, 2.24) is 0 Å². The van der Waals surface area contributed by atoms with Crippen LogP contribution in [0.2, 0.25) is 0 Å². The highest BCUT2D eigenvalue weighted by molar-refractivity contribution is 5.88. The van der Waals surface area contributed by atoms with Gasteiger partial charge in [0.25, 0.3) is 0 Å². The van der Waals surface area contributed by atoms with Crippen LogP contribution in [0.3, 0.4) is 0 Å². The van der Waals surface area contributed by atoms with E-state index in [-0.39, 0.29) is 23.6 Å². The molecular weight excluding hydrogens is 205 g/mol. The van der Waals surface area contributed by atoms with Gasteiger partial charge in [0, 0.05) is 23.8 Å². The summed E-state index contributed by atoms with van der Waals surface area (Å²) in [6.07, 6.45) is 0. The highest BCUT2D eigenvalue weighted by Gasteiger charge is 2.34. The molecule has 1 aromatic carbocycles. The molecule has 0 spiro atoms. The summed E-state index contributed by atoms with van der Waals surface area (Å²) in [5, 5.41) is 0. The van der Waals surface area contributed by atoms with Crippen LogP contribution in [0.1, 0.15) is 32.3 Å². The van der Waals surface area contributed by atoms with E-state index in [4.69, 9.17) is 0 Å². The number of ketones is 1. The Balaban J connectivity index is 2.53. The molecule has 0 aromatic heterocycles. The van der Waals surface area contributed by atoms with Gasteiger partial charge in [-0.3, -0.25) is 4.79 Å². The Morgan fingerprint density at radius 2 is 2.19 bits per heavy atom. The molecule has 0 N–H and O–H groups in total. The fourth-order valence-corrected chi connectivity index (χ4v) is 2.33. The van der Waals surface area contributed by atoms with Gasteiger partial charge >= 0.3 is 0 Å². The molecule has 1 heterocycles. The topological polar surface area (TPSA) is 20.3 Å². The molecule has 2 rings (SSSR count). The van der Waals surface area contributed by atoms with Crippen LogP contribution in [0.5, 0.6) is 0 Å². The summed E-state index contributed by atoms with van der Waals surface area (Å²) in [4.78, 5) is 13.6. The van der Waals surface area contributed by atoms with Crippen molar-refractivity contribution >= 4 is 11.5 Å². The van der Waals surface area contributed by atoms with E-state index >= 15 is 0 Å². The number of rotatable bonds is 2. The highest BCUT2D eigenvalue weighted by Crippen LogP contribution is 2.39. The second kappa shape index (κ2) is 3.89. The lowest BCUT2D eigenvalue weighted by Crippen LogP contribution is -2.30. The molecule has 0 aliphatic carbocycles. The Bertz CT molecular complexity index is 428. The van der Waals surface area contributed by atoms with Crippen molar-refractivity contribution in [2.24, 2.45) is 0 Å². The molecule has 0 amide bonds. The number of nitrogens with zero attached hydrogens (tertiary/aromatic N) is 1. The molecular formula is C13H16FNO. The zero-order valence-electron chi connectivity index (χ0n) is 9.83. The number of anilines is 1. The smallest absolute Gasteiger partial charge is 0.139 e. The largest absolute Gasteiger partial charge is 0.368 e. The molecule has 0 saturated carbocycles. The standard InChI is InChI=1S/C13H16FNO/c1-8(2)15-7-10(9(3)16)13-11(14)5-4-6-12(13)15/h4-6,8,10H,7H2,1-3H3. The maximum absolute atomic E-state index is 13.8. The Morgan fingerprint density at radius 1 is 1.50 bits per heavy atom. The maximum atomic E-state index is 13.8. The van der Waals surface area contributed by atoms with E-state index in [1.54, 1.807) is 6.07 Å². The van der Waals surface area contributed by atoms with Gasteiger partial charge in [0.15, 0.2) is 0 Å². The number of carbonyl (C=O) groups is 1. The van der Waals surface area contributed by atoms with E-state index in [1.165, 1.54) is 13.0 Å². The molecule has 1 atom stereocenters. The third kappa shape index (κ3) is 1.60. The number of Topliss-reactive ketones (excluding diaryl/α,β-unsaturated/α-hetero) is 1. The van der Waals surface area contributed by atoms with E-state index in [0.717, 1.165) is 5.69 Å². The Labute approximate surface area is 95.1 Å². The number of carbonyl (C=O) groups excluding carboxylic acids is 1. The summed E-state index contributed by atoms with van der Waals surface area (Å²) in [5.74, 6) is -0.533. The van der Waals surface area contributed by atoms with Gasteiger partial charge in [-0.1, -0.05) is 6.07 Å². The first kappa shape index (κ1) is 11.1. The molecule has 1 aromatic rings. The van der Waals surface area contributed by atoms with Crippen molar-refractivity contribution in [3.8, 4) is 0 Å². The van der Waals surface area contributed by atoms with Crippen LogP contribution in [-0.2, 0) is 4.79 Å². The Morgan fingerprint density at radius 3 is 2.75 bits per heavy atom. The summed E-state index contributed by atoms with van der Waals surface area (Å²) < 4.78 is 13.8. The zero-order valence-corrected chi connectivity index (χ0v) is 9.83. The second-order valence-electron chi connectivity index (χ2n) is 4.58. The van der Waals surface area contributed by atoms with Gasteiger partial charge in [-0.25, -0.2) is 4.39 Å². The second-order valence-corrected chi connectivity index (χ2v) is 4.58. The first-order valence-electron chi connectivity index (χ1n) is 5.58. The quantitative estimate of drug-likeness (QED) is 0.765. The van der Waals surface area contributed by atoms with Crippen molar-refractivity contribution in [2.75, 3.05) is 11.4 Å². The average molecular weight is 221 g/mol. The molecule has 0 bridgehead atoms. The summed E-state index contributed by atoms with van der Waals surface area (Å²) in [6.45, 7) is 6.24. The zero-order chi connectivity index (χ0) is 11.9. The van der Waals surface area contributed by atoms with Crippen molar-refractivity contribution in [1.29, 1.82) is 0 Å². The van der Waals surface area contributed by atoms with E-state index in [1.807, 2.05) is 6.07 Å². The molecule has 0 saturated heterocycles. The van der Waals surface area contributed by atoms with Crippen molar-refractivity contribution < 1.29 is 9.18 Å². The summed E-state index contributed by atoms with van der Waals surface area (Å²) in [5.41, 5.74) is 1.44. The third-order valence-corrected chi connectivity index (χ3v) is 3.18. The predicted octanol–water partition coefficient (Wildman–Crippen LogP) is 2.73. The van der Waals surface area contributed by atoms with Crippen LogP contribution in [-0.4, -0.2) is 18.4 Å². The molecule has 0 radical (unpaired) electrons. The van der Waals surface area contributed by atoms with Crippen LogP contribution in [0.25, 0.3) is 0 Å². The van der Waals surface area contributed by atoms with Gasteiger partial charge in [0.2, 0.25) is 0 Å². The SMILES string of the molecule is CC(=O)C1CN(C(C)C)c2cccc(F)c21. The van der Waals surface area contributed by atoms with Crippen LogP contribution < -0.4 is 4.90 Å². The summed E-state index contributed by atoms with van der Waals surface area (Å²) >= 11 is 0. The highest BCUT2D eigenvalue weighted by atomic mass is 19.1. The monoisotopic (exact) mass is 221 g/mol. The number of hydrogen-bond donors (Lipinski definition) is 0. The normalized spacial score (nSPS) is 19.1. The van der Waals surface area contributed by atoms with E-state index in [2.05, 4.69) is 18.7 Å². The minimum absolute atomic E-state index is 0.0366. The molecule has 1 unspecified atom stereocenters. The first-order valence-corrected chi connectivity index (χ1v) is 5.58. The van der Waals surface area contributed by atoms with Crippen molar-refractivity contribution in [3.05, 3.63) is 29.6 Å². The maximum Gasteiger partial charge on any atom is 0.139 e. The van der Waals surface area contributed by atoms with E-state index < -0.39 is 0 Å². The van der Waals surface area contributed by atoms with Crippen molar-refractivity contribution in [3.63, 3.8) is 0 Å². The minimum atomic E-state index is -0.307. The Hall–Kier alpha value is -1.38. The summed E-state index contributed by atoms with van der Waals surface area (Å²) in [6, 6.07) is 5.30. The lowest BCUT2D eigenvalue weighted by atomic mass is 9.97. The predicted molar refractivity (Wildman–Crippen MR) is 62.3 cm³/mol. The van der Waals surface area contributed by atoms with Crippen molar-refractivity contribution in [2.45, 2.75) is 32.7 Å². The van der Waals surface area contributed by atoms with Gasteiger partial charge in [-0.05, 0) is 32.9 Å². The van der Waals surface area contributed by atoms with Gasteiger partial charge in [0.05, 0.1) is 5.92 Å². The summed E-state index contributed by atoms with van der Waals surface area (Å²) in [7, 11) is 0. The van der Waals surface area contributed by atoms with Gasteiger partial charge in [0.1, 0.15) is 11.6 Å². The van der Waals surface area contributed by atoms with Gasteiger partial charge in [-0.2, -0.15) is 0 Å². The van der Waals surface area contributed by atoms with Crippen LogP contribution >= 0.6 is 0 Å². The van der Waals surface area contributed by atoms with Crippen LogP contribution in [0, 0.1) is 5.82 Å². The lowest BCUT2D eigenvalue weighted by molar-refractivity contribution is -0.118. The van der Waals surface area contributed by atoms with E-state index in [0.29, 0.717) is 12.1 Å². The van der Waals surface area contributed by atoms with Gasteiger partial charge < -0.3 is 4.90 Å². The third-order valence-electron chi connectivity index (χ3n) is 3.18. The molecule has 3 heteroatoms. The molecule has 1 aliphatic rings. The van der Waals surface area contributed by atoms with E-state index in [9.17, 15) is 9.18 Å².